The molecule has 0 unspecified atom stereocenters. The van der Waals surface area contributed by atoms with Gasteiger partial charge in [0.2, 0.25) is 5.91 Å². The fraction of sp³-hybridized carbons (Fsp3) is 0.391. The summed E-state index contributed by atoms with van der Waals surface area (Å²) in [4.78, 5) is 26.6. The first kappa shape index (κ1) is 20.7. The van der Waals surface area contributed by atoms with Crippen molar-refractivity contribution in [3.8, 4) is 5.75 Å². The number of nitrogens with one attached hydrogen (secondary N) is 2. The normalized spacial score (nSPS) is 13.6. The van der Waals surface area contributed by atoms with E-state index in [4.69, 9.17) is 4.74 Å². The minimum absolute atomic E-state index is 0.0826. The molecule has 0 aromatic heterocycles. The lowest BCUT2D eigenvalue weighted by Crippen LogP contribution is -2.35. The van der Waals surface area contributed by atoms with Crippen LogP contribution in [-0.4, -0.2) is 43.0 Å². The molecule has 0 bridgehead atoms. The molecule has 1 aliphatic heterocycles. The van der Waals surface area contributed by atoms with Gasteiger partial charge in [0.25, 0.3) is 5.91 Å². The number of carbonyl (C=O) groups is 2. The van der Waals surface area contributed by atoms with Gasteiger partial charge in [-0.25, -0.2) is 0 Å². The Bertz CT molecular complexity index is 814. The first-order chi connectivity index (χ1) is 14.2. The number of carbonyl (C=O) groups excluding carboxylic acids is 2. The Kier molecular flexibility index (Phi) is 7.50. The molecule has 6 heteroatoms. The highest BCUT2D eigenvalue weighted by molar-refractivity contribution is 5.95. The van der Waals surface area contributed by atoms with Crippen molar-refractivity contribution in [3.05, 3.63) is 54.1 Å². The van der Waals surface area contributed by atoms with Crippen LogP contribution in [0.5, 0.6) is 5.75 Å². The summed E-state index contributed by atoms with van der Waals surface area (Å²) in [7, 11) is 0. The van der Waals surface area contributed by atoms with Crippen molar-refractivity contribution in [1.29, 1.82) is 0 Å². The summed E-state index contributed by atoms with van der Waals surface area (Å²) in [5.74, 6) is 0.678. The summed E-state index contributed by atoms with van der Waals surface area (Å²) < 4.78 is 5.58. The smallest absolute Gasteiger partial charge is 0.253 e. The van der Waals surface area contributed by atoms with Crippen molar-refractivity contribution in [2.75, 3.05) is 36.9 Å². The predicted octanol–water partition coefficient (Wildman–Crippen LogP) is 4.15. The quantitative estimate of drug-likeness (QED) is 0.704. The summed E-state index contributed by atoms with van der Waals surface area (Å²) in [6.45, 7) is 4.51. The number of piperidine rings is 1. The molecule has 0 radical (unpaired) electrons. The third kappa shape index (κ3) is 6.24. The van der Waals surface area contributed by atoms with Crippen molar-refractivity contribution >= 4 is 23.2 Å². The fourth-order valence-corrected chi connectivity index (χ4v) is 3.28. The highest BCUT2D eigenvalue weighted by Crippen LogP contribution is 2.18. The van der Waals surface area contributed by atoms with Crippen LogP contribution in [0.4, 0.5) is 11.4 Å². The Morgan fingerprint density at radius 2 is 1.76 bits per heavy atom. The van der Waals surface area contributed by atoms with Crippen molar-refractivity contribution < 1.29 is 14.3 Å². The predicted molar refractivity (Wildman–Crippen MR) is 116 cm³/mol. The Balaban J connectivity index is 1.48. The fourth-order valence-electron chi connectivity index (χ4n) is 3.28. The molecule has 1 fully saturated rings. The molecule has 0 spiro atoms. The van der Waals surface area contributed by atoms with Gasteiger partial charge in [-0.3, -0.25) is 9.59 Å². The third-order valence-corrected chi connectivity index (χ3v) is 4.82. The number of benzene rings is 2. The van der Waals surface area contributed by atoms with Crippen LogP contribution >= 0.6 is 0 Å². The number of anilines is 2. The molecule has 154 valence electrons. The topological polar surface area (TPSA) is 70.7 Å². The number of rotatable bonds is 8. The third-order valence-electron chi connectivity index (χ3n) is 4.82. The monoisotopic (exact) mass is 395 g/mol. The molecule has 2 N–H and O–H groups in total. The number of hydrogen-bond acceptors (Lipinski definition) is 4. The molecule has 1 aliphatic rings. The van der Waals surface area contributed by atoms with E-state index in [2.05, 4.69) is 10.6 Å². The maximum absolute atomic E-state index is 12.5. The van der Waals surface area contributed by atoms with Crippen LogP contribution in [0.25, 0.3) is 0 Å². The lowest BCUT2D eigenvalue weighted by Gasteiger charge is -2.26. The SMILES string of the molecule is CCCOc1cccc(NC(=O)CNc2ccc(C(=O)N3CCCCC3)cc2)c1. The molecule has 0 saturated carbocycles. The van der Waals surface area contributed by atoms with Crippen LogP contribution < -0.4 is 15.4 Å². The summed E-state index contributed by atoms with van der Waals surface area (Å²) in [5.41, 5.74) is 2.19. The molecular weight excluding hydrogens is 366 g/mol. The van der Waals surface area contributed by atoms with E-state index in [1.165, 1.54) is 6.42 Å². The molecule has 2 aromatic rings. The number of hydrogen-bond donors (Lipinski definition) is 2. The number of likely N-dealkylation sites (tertiary alicyclic amines) is 1. The van der Waals surface area contributed by atoms with E-state index in [0.717, 1.165) is 43.8 Å². The van der Waals surface area contributed by atoms with Crippen LogP contribution in [0, 0.1) is 0 Å². The molecule has 2 aromatic carbocycles. The van der Waals surface area contributed by atoms with Gasteiger partial charge in [0, 0.05) is 36.1 Å². The second kappa shape index (κ2) is 10.5. The van der Waals surface area contributed by atoms with Gasteiger partial charge in [-0.2, -0.15) is 0 Å². The molecule has 2 amide bonds. The van der Waals surface area contributed by atoms with Crippen LogP contribution in [-0.2, 0) is 4.79 Å². The molecule has 0 aliphatic carbocycles. The van der Waals surface area contributed by atoms with Crippen LogP contribution in [0.15, 0.2) is 48.5 Å². The largest absolute Gasteiger partial charge is 0.494 e. The number of amides is 2. The van der Waals surface area contributed by atoms with Crippen molar-refractivity contribution in [2.45, 2.75) is 32.6 Å². The van der Waals surface area contributed by atoms with Crippen LogP contribution in [0.3, 0.4) is 0 Å². The van der Waals surface area contributed by atoms with Crippen molar-refractivity contribution in [2.24, 2.45) is 0 Å². The Hall–Kier alpha value is -3.02. The van der Waals surface area contributed by atoms with Crippen molar-refractivity contribution in [3.63, 3.8) is 0 Å². The maximum atomic E-state index is 12.5. The first-order valence-corrected chi connectivity index (χ1v) is 10.3. The van der Waals surface area contributed by atoms with E-state index in [9.17, 15) is 9.59 Å². The zero-order chi connectivity index (χ0) is 20.5. The summed E-state index contributed by atoms with van der Waals surface area (Å²) in [6.07, 6.45) is 4.29. The zero-order valence-electron chi connectivity index (χ0n) is 16.9. The van der Waals surface area contributed by atoms with Gasteiger partial charge in [-0.1, -0.05) is 13.0 Å². The summed E-state index contributed by atoms with van der Waals surface area (Å²) in [5, 5.41) is 5.95. The minimum Gasteiger partial charge on any atom is -0.494 e. The number of ether oxygens (including phenoxy) is 1. The molecule has 6 nitrogen and oxygen atoms in total. The standard InChI is InChI=1S/C23H29N3O3/c1-2-15-29-21-8-6-7-20(16-21)25-22(27)17-24-19-11-9-18(10-12-19)23(28)26-13-4-3-5-14-26/h6-12,16,24H,2-5,13-15,17H2,1H3,(H,25,27). The molecule has 1 saturated heterocycles. The minimum atomic E-state index is -0.147. The van der Waals surface area contributed by atoms with E-state index in [0.29, 0.717) is 17.9 Å². The summed E-state index contributed by atoms with van der Waals surface area (Å²) >= 11 is 0. The number of nitrogens with zero attached hydrogens (tertiary/aromatic N) is 1. The van der Waals surface area contributed by atoms with Gasteiger partial charge in [0.15, 0.2) is 0 Å². The van der Waals surface area contributed by atoms with E-state index in [1.54, 1.807) is 0 Å². The average molecular weight is 396 g/mol. The van der Waals surface area contributed by atoms with Crippen molar-refractivity contribution in [1.82, 2.24) is 4.90 Å². The van der Waals surface area contributed by atoms with E-state index in [-0.39, 0.29) is 18.4 Å². The average Bonchev–Trinajstić information content (AvgIpc) is 2.77. The Morgan fingerprint density at radius 1 is 1.00 bits per heavy atom. The second-order valence-electron chi connectivity index (χ2n) is 7.21. The lowest BCUT2D eigenvalue weighted by atomic mass is 10.1. The second-order valence-corrected chi connectivity index (χ2v) is 7.21. The first-order valence-electron chi connectivity index (χ1n) is 10.3. The van der Waals surface area contributed by atoms with E-state index >= 15 is 0 Å². The van der Waals surface area contributed by atoms with Crippen LogP contribution in [0.2, 0.25) is 0 Å². The van der Waals surface area contributed by atoms with Gasteiger partial charge < -0.3 is 20.3 Å². The molecular formula is C23H29N3O3. The van der Waals surface area contributed by atoms with Crippen LogP contribution in [0.1, 0.15) is 43.0 Å². The van der Waals surface area contributed by atoms with E-state index in [1.807, 2.05) is 60.4 Å². The van der Waals surface area contributed by atoms with Gasteiger partial charge in [0.1, 0.15) is 5.75 Å². The Labute approximate surface area is 172 Å². The highest BCUT2D eigenvalue weighted by Gasteiger charge is 2.17. The van der Waals surface area contributed by atoms with E-state index < -0.39 is 0 Å². The molecule has 3 rings (SSSR count). The highest BCUT2D eigenvalue weighted by atomic mass is 16.5. The maximum Gasteiger partial charge on any atom is 0.253 e. The molecule has 29 heavy (non-hydrogen) atoms. The zero-order valence-corrected chi connectivity index (χ0v) is 16.9. The molecule has 1 heterocycles. The lowest BCUT2D eigenvalue weighted by molar-refractivity contribution is -0.114. The Morgan fingerprint density at radius 3 is 2.48 bits per heavy atom. The molecule has 0 atom stereocenters. The summed E-state index contributed by atoms with van der Waals surface area (Å²) in [6, 6.07) is 14.7. The van der Waals surface area contributed by atoms with Gasteiger partial charge in [0.05, 0.1) is 13.2 Å². The van der Waals surface area contributed by atoms with Gasteiger partial charge in [-0.15, -0.1) is 0 Å². The van der Waals surface area contributed by atoms with Gasteiger partial charge in [-0.05, 0) is 62.1 Å². The van der Waals surface area contributed by atoms with Gasteiger partial charge >= 0.3 is 0 Å².